The van der Waals surface area contributed by atoms with E-state index in [1.54, 1.807) is 15.9 Å². The highest BCUT2D eigenvalue weighted by molar-refractivity contribution is 7.89. The first-order valence-electron chi connectivity index (χ1n) is 7.58. The Morgan fingerprint density at radius 2 is 1.76 bits per heavy atom. The van der Waals surface area contributed by atoms with E-state index in [1.807, 2.05) is 6.92 Å². The van der Waals surface area contributed by atoms with Gasteiger partial charge in [0.15, 0.2) is 0 Å². The lowest BCUT2D eigenvalue weighted by Crippen LogP contribution is -2.32. The van der Waals surface area contributed by atoms with Gasteiger partial charge in [-0.05, 0) is 33.1 Å². The van der Waals surface area contributed by atoms with Crippen LogP contribution in [0.1, 0.15) is 43.5 Å². The van der Waals surface area contributed by atoms with Gasteiger partial charge in [0.1, 0.15) is 4.90 Å². The van der Waals surface area contributed by atoms with Crippen molar-refractivity contribution in [3.8, 4) is 0 Å². The third kappa shape index (κ3) is 3.60. The van der Waals surface area contributed by atoms with Gasteiger partial charge in [0.05, 0.1) is 11.4 Å². The predicted octanol–water partition coefficient (Wildman–Crippen LogP) is 2.69. The normalized spacial score (nSPS) is 17.9. The summed E-state index contributed by atoms with van der Waals surface area (Å²) in [5, 5.41) is 4.38. The fourth-order valence-corrected chi connectivity index (χ4v) is 4.90. The van der Waals surface area contributed by atoms with Gasteiger partial charge in [0.25, 0.3) is 0 Å². The monoisotopic (exact) mass is 333 g/mol. The minimum absolute atomic E-state index is 0.388. The van der Waals surface area contributed by atoms with Crippen LogP contribution in [-0.4, -0.2) is 41.5 Å². The molecule has 5 nitrogen and oxygen atoms in total. The van der Waals surface area contributed by atoms with Crippen LogP contribution in [0.3, 0.4) is 0 Å². The number of alkyl halides is 1. The number of rotatable bonds is 5. The minimum atomic E-state index is -3.43. The summed E-state index contributed by atoms with van der Waals surface area (Å²) in [5.41, 5.74) is 1.31. The second-order valence-corrected chi connectivity index (χ2v) is 7.84. The SMILES string of the molecule is Cc1nn(CCCCl)c(C)c1S(=O)(=O)N1CCCCCC1. The van der Waals surface area contributed by atoms with Crippen molar-refractivity contribution in [3.05, 3.63) is 11.4 Å². The molecule has 1 aromatic heterocycles. The van der Waals surface area contributed by atoms with Crippen LogP contribution in [0.25, 0.3) is 0 Å². The second-order valence-electron chi connectivity index (χ2n) is 5.58. The highest BCUT2D eigenvalue weighted by Crippen LogP contribution is 2.25. The van der Waals surface area contributed by atoms with Gasteiger partial charge in [-0.1, -0.05) is 12.8 Å². The predicted molar refractivity (Wildman–Crippen MR) is 84.3 cm³/mol. The molecule has 21 heavy (non-hydrogen) atoms. The average Bonchev–Trinajstić information content (AvgIpc) is 2.63. The van der Waals surface area contributed by atoms with Crippen LogP contribution in [0, 0.1) is 13.8 Å². The van der Waals surface area contributed by atoms with Crippen molar-refractivity contribution < 1.29 is 8.42 Å². The molecule has 0 bridgehead atoms. The Hall–Kier alpha value is -0.590. The first-order valence-corrected chi connectivity index (χ1v) is 9.56. The maximum absolute atomic E-state index is 12.9. The summed E-state index contributed by atoms with van der Waals surface area (Å²) in [6.45, 7) is 5.50. The van der Waals surface area contributed by atoms with Gasteiger partial charge in [-0.25, -0.2) is 8.42 Å². The molecule has 0 unspecified atom stereocenters. The fourth-order valence-electron chi connectivity index (χ4n) is 2.89. The maximum Gasteiger partial charge on any atom is 0.246 e. The van der Waals surface area contributed by atoms with Crippen LogP contribution >= 0.6 is 11.6 Å². The molecule has 0 atom stereocenters. The number of hydrogen-bond acceptors (Lipinski definition) is 3. The molecular formula is C14H24ClN3O2S. The molecule has 1 fully saturated rings. The van der Waals surface area contributed by atoms with Crippen molar-refractivity contribution in [2.24, 2.45) is 0 Å². The Morgan fingerprint density at radius 1 is 1.14 bits per heavy atom. The number of aryl methyl sites for hydroxylation is 2. The largest absolute Gasteiger partial charge is 0.268 e. The van der Waals surface area contributed by atoms with Gasteiger partial charge >= 0.3 is 0 Å². The van der Waals surface area contributed by atoms with Gasteiger partial charge < -0.3 is 0 Å². The number of sulfonamides is 1. The zero-order valence-corrected chi connectivity index (χ0v) is 14.4. The molecule has 2 heterocycles. The Balaban J connectivity index is 2.32. The molecule has 7 heteroatoms. The van der Waals surface area contributed by atoms with E-state index >= 15 is 0 Å². The Kier molecular flexibility index (Phi) is 5.68. The minimum Gasteiger partial charge on any atom is -0.268 e. The van der Waals surface area contributed by atoms with Crippen molar-refractivity contribution in [1.82, 2.24) is 14.1 Å². The van der Waals surface area contributed by atoms with E-state index in [0.717, 1.165) is 37.8 Å². The summed E-state index contributed by atoms with van der Waals surface area (Å²) in [7, 11) is -3.43. The summed E-state index contributed by atoms with van der Waals surface area (Å²) in [5.74, 6) is 0.548. The van der Waals surface area contributed by atoms with Crippen LogP contribution in [0.15, 0.2) is 4.90 Å². The van der Waals surface area contributed by atoms with Crippen LogP contribution in [-0.2, 0) is 16.6 Å². The first kappa shape index (κ1) is 16.8. The Bertz CT molecular complexity index is 575. The van der Waals surface area contributed by atoms with Crippen molar-refractivity contribution in [3.63, 3.8) is 0 Å². The van der Waals surface area contributed by atoms with Crippen molar-refractivity contribution in [2.45, 2.75) is 57.4 Å². The molecule has 0 N–H and O–H groups in total. The Morgan fingerprint density at radius 3 is 2.33 bits per heavy atom. The van der Waals surface area contributed by atoms with Crippen LogP contribution in [0.2, 0.25) is 0 Å². The summed E-state index contributed by atoms with van der Waals surface area (Å²) in [4.78, 5) is 0.388. The summed E-state index contributed by atoms with van der Waals surface area (Å²) in [6, 6.07) is 0. The molecule has 2 rings (SSSR count). The second kappa shape index (κ2) is 7.11. The van der Waals surface area contributed by atoms with Crippen LogP contribution < -0.4 is 0 Å². The molecule has 1 saturated heterocycles. The lowest BCUT2D eigenvalue weighted by atomic mass is 10.2. The molecule has 0 radical (unpaired) electrons. The average molecular weight is 334 g/mol. The van der Waals surface area contributed by atoms with Gasteiger partial charge in [-0.3, -0.25) is 4.68 Å². The molecule has 0 spiro atoms. The lowest BCUT2D eigenvalue weighted by molar-refractivity contribution is 0.423. The van der Waals surface area contributed by atoms with Crippen LogP contribution in [0.5, 0.6) is 0 Å². The molecule has 0 saturated carbocycles. The van der Waals surface area contributed by atoms with Gasteiger partial charge in [0, 0.05) is 25.5 Å². The molecule has 0 aromatic carbocycles. The third-order valence-corrected chi connectivity index (χ3v) is 6.40. The number of halogens is 1. The van der Waals surface area contributed by atoms with E-state index in [9.17, 15) is 8.42 Å². The van der Waals surface area contributed by atoms with E-state index in [4.69, 9.17) is 11.6 Å². The van der Waals surface area contributed by atoms with Gasteiger partial charge in [-0.2, -0.15) is 9.40 Å². The van der Waals surface area contributed by atoms with E-state index < -0.39 is 10.0 Å². The van der Waals surface area contributed by atoms with Gasteiger partial charge in [0.2, 0.25) is 10.0 Å². The number of aromatic nitrogens is 2. The van der Waals surface area contributed by atoms with E-state index in [0.29, 0.717) is 36.1 Å². The maximum atomic E-state index is 12.9. The standard InChI is InChI=1S/C14H24ClN3O2S/c1-12-14(13(2)18(16-12)11-7-8-15)21(19,20)17-9-5-3-4-6-10-17/h3-11H2,1-2H3. The molecule has 1 aromatic rings. The van der Waals surface area contributed by atoms with Gasteiger partial charge in [-0.15, -0.1) is 11.6 Å². The first-order chi connectivity index (χ1) is 9.98. The summed E-state index contributed by atoms with van der Waals surface area (Å²) < 4.78 is 29.2. The molecule has 1 aliphatic heterocycles. The van der Waals surface area contributed by atoms with Crippen molar-refractivity contribution in [2.75, 3.05) is 19.0 Å². The number of nitrogens with zero attached hydrogens (tertiary/aromatic N) is 3. The quantitative estimate of drug-likeness (QED) is 0.778. The highest BCUT2D eigenvalue weighted by atomic mass is 35.5. The number of hydrogen-bond donors (Lipinski definition) is 0. The third-order valence-electron chi connectivity index (χ3n) is 3.98. The fraction of sp³-hybridized carbons (Fsp3) is 0.786. The smallest absolute Gasteiger partial charge is 0.246 e. The van der Waals surface area contributed by atoms with Crippen molar-refractivity contribution in [1.29, 1.82) is 0 Å². The van der Waals surface area contributed by atoms with E-state index in [1.165, 1.54) is 0 Å². The molecule has 0 amide bonds. The van der Waals surface area contributed by atoms with Crippen molar-refractivity contribution >= 4 is 21.6 Å². The summed E-state index contributed by atoms with van der Waals surface area (Å²) in [6.07, 6.45) is 4.89. The molecular weight excluding hydrogens is 310 g/mol. The zero-order chi connectivity index (χ0) is 15.5. The van der Waals surface area contributed by atoms with E-state index in [-0.39, 0.29) is 0 Å². The lowest BCUT2D eigenvalue weighted by Gasteiger charge is -2.20. The topological polar surface area (TPSA) is 55.2 Å². The van der Waals surface area contributed by atoms with Crippen LogP contribution in [0.4, 0.5) is 0 Å². The van der Waals surface area contributed by atoms with E-state index in [2.05, 4.69) is 5.10 Å². The molecule has 0 aliphatic carbocycles. The molecule has 120 valence electrons. The summed E-state index contributed by atoms with van der Waals surface area (Å²) >= 11 is 5.71. The zero-order valence-electron chi connectivity index (χ0n) is 12.8. The highest BCUT2D eigenvalue weighted by Gasteiger charge is 2.31. The molecule has 1 aliphatic rings. The Labute approximate surface area is 132 Å².